The van der Waals surface area contributed by atoms with Crippen molar-refractivity contribution in [2.24, 2.45) is 0 Å². The van der Waals surface area contributed by atoms with Gasteiger partial charge in [0, 0.05) is 27.3 Å². The smallest absolute Gasteiger partial charge is 0.417 e. The summed E-state index contributed by atoms with van der Waals surface area (Å²) in [7, 11) is 0. The number of phenolic OH excluding ortho intramolecular Hbond substituents is 1. The van der Waals surface area contributed by atoms with E-state index in [2.05, 4.69) is 18.0 Å². The van der Waals surface area contributed by atoms with E-state index in [9.17, 15) is 23.1 Å². The normalized spacial score (nSPS) is 13.3. The summed E-state index contributed by atoms with van der Waals surface area (Å²) in [5, 5.41) is 19.2. The zero-order valence-electron chi connectivity index (χ0n) is 18.2. The molecule has 2 aromatic carbocycles. The summed E-state index contributed by atoms with van der Waals surface area (Å²) in [6.07, 6.45) is 0.688. The Hall–Kier alpha value is -4.22. The van der Waals surface area contributed by atoms with E-state index in [1.54, 1.807) is 12.1 Å². The van der Waals surface area contributed by atoms with Gasteiger partial charge >= 0.3 is 12.1 Å². The molecule has 4 nitrogen and oxygen atoms in total. The van der Waals surface area contributed by atoms with Gasteiger partial charge in [-0.25, -0.2) is 4.79 Å². The fraction of sp³-hybridized carbons (Fsp3) is 0.0741. The molecule has 8 heteroatoms. The van der Waals surface area contributed by atoms with Crippen LogP contribution in [0.4, 0.5) is 13.2 Å². The zero-order valence-corrected chi connectivity index (χ0v) is 19.1. The van der Waals surface area contributed by atoms with Crippen molar-refractivity contribution in [2.45, 2.75) is 13.1 Å². The number of halogens is 3. The number of carboxylic acid groups (broad SMARTS) is 1. The Bertz CT molecular complexity index is 1540. The van der Waals surface area contributed by atoms with Crippen LogP contribution < -0.4 is 4.74 Å². The van der Waals surface area contributed by atoms with Gasteiger partial charge in [-0.2, -0.15) is 13.2 Å². The third kappa shape index (κ3) is 5.00. The molecular weight excluding hydrogens is 477 g/mol. The Morgan fingerprint density at radius 2 is 1.94 bits per heavy atom. The van der Waals surface area contributed by atoms with Crippen molar-refractivity contribution in [1.82, 2.24) is 0 Å². The van der Waals surface area contributed by atoms with Crippen LogP contribution in [-0.2, 0) is 11.0 Å². The lowest BCUT2D eigenvalue weighted by molar-refractivity contribution is -0.137. The lowest BCUT2D eigenvalue weighted by atomic mass is 9.95. The Kier molecular flexibility index (Phi) is 6.29. The summed E-state index contributed by atoms with van der Waals surface area (Å²) in [5.41, 5.74) is 5.31. The van der Waals surface area contributed by atoms with E-state index < -0.39 is 17.7 Å². The number of alkyl halides is 3. The number of phenols is 1. The largest absolute Gasteiger partial charge is 0.508 e. The van der Waals surface area contributed by atoms with Gasteiger partial charge in [0.05, 0.1) is 10.4 Å². The molecule has 2 N–H and O–H groups in total. The fourth-order valence-corrected chi connectivity index (χ4v) is 4.75. The Labute approximate surface area is 202 Å². The molecule has 0 amide bonds. The van der Waals surface area contributed by atoms with Crippen LogP contribution >= 0.6 is 11.3 Å². The number of hydrogen-bond acceptors (Lipinski definition) is 4. The van der Waals surface area contributed by atoms with E-state index in [0.717, 1.165) is 17.4 Å². The first-order chi connectivity index (χ1) is 16.5. The number of aromatic hydroxyl groups is 1. The summed E-state index contributed by atoms with van der Waals surface area (Å²) in [4.78, 5) is 10.9. The number of ether oxygens (including phenoxy) is 1. The number of allylic oxidation sites excluding steroid dienone is 5. The average molecular weight is 494 g/mol. The first kappa shape index (κ1) is 23.9. The highest BCUT2D eigenvalue weighted by Gasteiger charge is 2.38. The zero-order chi connectivity index (χ0) is 25.3. The summed E-state index contributed by atoms with van der Waals surface area (Å²) >= 11 is 1.06. The van der Waals surface area contributed by atoms with E-state index in [1.165, 1.54) is 49.4 Å². The van der Waals surface area contributed by atoms with Gasteiger partial charge in [0.1, 0.15) is 5.75 Å². The standard InChI is InChI=1S/C27H17F3O4S/c1-15(2)19-4-3-5-21(24(19)27(28,29)30)26-25(20-12-9-17(31)14-22(20)35-26)34-18-10-6-16(7-11-18)8-13-23(32)33/h3-6,8-10,12-14,31H,1H2,2H3,(H,32,33)/b13-8+. The Morgan fingerprint density at radius 3 is 2.57 bits per heavy atom. The fourth-order valence-electron chi connectivity index (χ4n) is 3.55. The van der Waals surface area contributed by atoms with E-state index in [4.69, 9.17) is 9.84 Å². The monoisotopic (exact) mass is 494 g/mol. The molecule has 0 saturated carbocycles. The third-order valence-corrected chi connectivity index (χ3v) is 6.21. The van der Waals surface area contributed by atoms with Gasteiger partial charge in [-0.1, -0.05) is 36.1 Å². The number of thiophene rings is 1. The van der Waals surface area contributed by atoms with E-state index in [0.29, 0.717) is 15.7 Å². The van der Waals surface area contributed by atoms with E-state index in [1.807, 2.05) is 0 Å². The van der Waals surface area contributed by atoms with Crippen LogP contribution in [0.3, 0.4) is 0 Å². The van der Waals surface area contributed by atoms with Crippen molar-refractivity contribution in [3.8, 4) is 21.9 Å². The van der Waals surface area contributed by atoms with Gasteiger partial charge in [-0.15, -0.1) is 11.3 Å². The summed E-state index contributed by atoms with van der Waals surface area (Å²) in [6.45, 7) is 5.21. The van der Waals surface area contributed by atoms with Crippen molar-refractivity contribution in [1.29, 1.82) is 0 Å². The number of carbonyl (C=O) groups is 1. The van der Waals surface area contributed by atoms with Crippen molar-refractivity contribution >= 4 is 33.0 Å². The van der Waals surface area contributed by atoms with Crippen molar-refractivity contribution in [2.75, 3.05) is 0 Å². The van der Waals surface area contributed by atoms with Crippen LogP contribution in [0.15, 0.2) is 90.1 Å². The molecule has 1 heterocycles. The second-order valence-electron chi connectivity index (χ2n) is 7.62. The summed E-state index contributed by atoms with van der Waals surface area (Å²) in [5.74, 6) is -0.796. The molecule has 0 fully saturated rings. The lowest BCUT2D eigenvalue weighted by Gasteiger charge is -2.18. The second-order valence-corrected chi connectivity index (χ2v) is 8.68. The molecule has 0 spiro atoms. The Balaban J connectivity index is 1.94. The molecule has 1 aliphatic carbocycles. The maximum absolute atomic E-state index is 14.2. The number of aliphatic carboxylic acids is 1. The van der Waals surface area contributed by atoms with Crippen LogP contribution in [0.5, 0.6) is 11.5 Å². The van der Waals surface area contributed by atoms with Gasteiger partial charge < -0.3 is 14.9 Å². The highest BCUT2D eigenvalue weighted by Crippen LogP contribution is 2.50. The molecule has 1 aliphatic rings. The number of rotatable bonds is 6. The quantitative estimate of drug-likeness (QED) is 0.275. The average Bonchev–Trinajstić information content (AvgIpc) is 3.14. The summed E-state index contributed by atoms with van der Waals surface area (Å²) < 4.78 is 49.2. The molecule has 35 heavy (non-hydrogen) atoms. The number of fused-ring (bicyclic) bond motifs is 1. The molecule has 0 saturated heterocycles. The highest BCUT2D eigenvalue weighted by atomic mass is 32.1. The SMILES string of the molecule is C=C(C)c1cccc(-c2sc3cc(O)ccc3c2OC2=C=C=C(/C=C/C(=O)O)C=C2)c1C(F)(F)F. The molecule has 176 valence electrons. The van der Waals surface area contributed by atoms with Gasteiger partial charge in [0.2, 0.25) is 0 Å². The van der Waals surface area contributed by atoms with Gasteiger partial charge in [0.25, 0.3) is 0 Å². The van der Waals surface area contributed by atoms with Crippen molar-refractivity contribution < 1.29 is 32.9 Å². The van der Waals surface area contributed by atoms with E-state index >= 15 is 0 Å². The first-order valence-corrected chi connectivity index (χ1v) is 11.0. The first-order valence-electron chi connectivity index (χ1n) is 10.2. The maximum Gasteiger partial charge on any atom is 0.417 e. The van der Waals surface area contributed by atoms with Crippen molar-refractivity contribution in [3.63, 3.8) is 0 Å². The molecule has 0 bridgehead atoms. The highest BCUT2D eigenvalue weighted by molar-refractivity contribution is 7.22. The number of hydrogen-bond donors (Lipinski definition) is 2. The molecule has 1 aromatic heterocycles. The van der Waals surface area contributed by atoms with Gasteiger partial charge in [0.15, 0.2) is 11.5 Å². The van der Waals surface area contributed by atoms with Crippen LogP contribution in [0.2, 0.25) is 0 Å². The van der Waals surface area contributed by atoms with E-state index in [-0.39, 0.29) is 38.8 Å². The van der Waals surface area contributed by atoms with Crippen LogP contribution in [0.25, 0.3) is 26.1 Å². The Morgan fingerprint density at radius 1 is 1.17 bits per heavy atom. The number of carboxylic acids is 1. The predicted octanol–water partition coefficient (Wildman–Crippen LogP) is 7.48. The number of benzene rings is 2. The van der Waals surface area contributed by atoms with Crippen LogP contribution in [0, 0.1) is 0 Å². The molecule has 0 unspecified atom stereocenters. The minimum absolute atomic E-state index is 0.0179. The molecule has 0 atom stereocenters. The van der Waals surface area contributed by atoms with Gasteiger partial charge in [-0.05, 0) is 54.6 Å². The van der Waals surface area contributed by atoms with Crippen LogP contribution in [0.1, 0.15) is 18.1 Å². The molecule has 3 aromatic rings. The third-order valence-electron chi connectivity index (χ3n) is 5.04. The lowest BCUT2D eigenvalue weighted by Crippen LogP contribution is -2.10. The second kappa shape index (κ2) is 9.20. The minimum atomic E-state index is -4.65. The van der Waals surface area contributed by atoms with Crippen molar-refractivity contribution in [3.05, 3.63) is 101 Å². The van der Waals surface area contributed by atoms with Crippen LogP contribution in [-0.4, -0.2) is 16.2 Å². The molecule has 0 radical (unpaired) electrons. The molecule has 4 rings (SSSR count). The predicted molar refractivity (Wildman–Crippen MR) is 129 cm³/mol. The summed E-state index contributed by atoms with van der Waals surface area (Å²) in [6, 6.07) is 8.74. The maximum atomic E-state index is 14.2. The molecular formula is C27H17F3O4S. The molecule has 0 aliphatic heterocycles. The van der Waals surface area contributed by atoms with Gasteiger partial charge in [-0.3, -0.25) is 0 Å². The topological polar surface area (TPSA) is 66.8 Å². The minimum Gasteiger partial charge on any atom is -0.508 e.